The summed E-state index contributed by atoms with van der Waals surface area (Å²) in [6.07, 6.45) is 1.88. The predicted octanol–water partition coefficient (Wildman–Crippen LogP) is 2.32. The van der Waals surface area contributed by atoms with Crippen LogP contribution in [0.25, 0.3) is 0 Å². The van der Waals surface area contributed by atoms with Crippen LogP contribution in [-0.4, -0.2) is 36.4 Å². The number of aromatic carboxylic acids is 1. The van der Waals surface area contributed by atoms with Gasteiger partial charge in [0.25, 0.3) is 0 Å². The third-order valence-corrected chi connectivity index (χ3v) is 3.70. The molecule has 0 radical (unpaired) electrons. The average molecular weight is 292 g/mol. The number of benzene rings is 1. The van der Waals surface area contributed by atoms with Crippen molar-refractivity contribution in [2.75, 3.05) is 18.5 Å². The molecule has 1 aliphatic rings. The fraction of sp³-hybridized carbons (Fsp3) is 0.467. The van der Waals surface area contributed by atoms with E-state index in [0.717, 1.165) is 26.1 Å². The molecule has 3 N–H and O–H groups in total. The number of ether oxygens (including phenoxy) is 1. The lowest BCUT2D eigenvalue weighted by molar-refractivity contribution is 0.0573. The zero-order chi connectivity index (χ0) is 15.2. The van der Waals surface area contributed by atoms with E-state index in [2.05, 4.69) is 10.6 Å². The highest BCUT2D eigenvalue weighted by atomic mass is 16.5. The highest BCUT2D eigenvalue weighted by Gasteiger charge is 2.21. The minimum Gasteiger partial charge on any atom is -0.478 e. The molecule has 1 atom stereocenters. The van der Waals surface area contributed by atoms with Crippen molar-refractivity contribution in [3.63, 3.8) is 0 Å². The summed E-state index contributed by atoms with van der Waals surface area (Å²) in [5.74, 6) is -0.607. The number of anilines is 1. The number of carboxylic acid groups (broad SMARTS) is 1. The fourth-order valence-corrected chi connectivity index (χ4v) is 2.44. The summed E-state index contributed by atoms with van der Waals surface area (Å²) in [6, 6.07) is 5.90. The van der Waals surface area contributed by atoms with Crippen molar-refractivity contribution >= 4 is 17.7 Å². The van der Waals surface area contributed by atoms with E-state index in [-0.39, 0.29) is 17.6 Å². The van der Waals surface area contributed by atoms with Gasteiger partial charge in [0.05, 0.1) is 5.56 Å². The molecule has 21 heavy (non-hydrogen) atoms. The molecule has 1 aromatic rings. The molecular weight excluding hydrogens is 272 g/mol. The summed E-state index contributed by atoms with van der Waals surface area (Å²) >= 11 is 0. The molecule has 0 aliphatic carbocycles. The lowest BCUT2D eigenvalue weighted by Crippen LogP contribution is -2.42. The lowest BCUT2D eigenvalue weighted by atomic mass is 9.93. The first-order valence-corrected chi connectivity index (χ1v) is 7.05. The van der Waals surface area contributed by atoms with Crippen LogP contribution in [0, 0.1) is 5.92 Å². The molecule has 1 heterocycles. The number of carbonyl (C=O) groups excluding carboxylic acids is 1. The molecule has 6 heteroatoms. The highest BCUT2D eigenvalue weighted by molar-refractivity contribution is 5.93. The van der Waals surface area contributed by atoms with Gasteiger partial charge < -0.3 is 20.5 Å². The number of carboxylic acids is 1. The summed E-state index contributed by atoms with van der Waals surface area (Å²) in [7, 11) is 0. The molecule has 114 valence electrons. The molecular formula is C15H20N2O4. The average Bonchev–Trinajstić information content (AvgIpc) is 2.48. The van der Waals surface area contributed by atoms with Gasteiger partial charge >= 0.3 is 12.0 Å². The Morgan fingerprint density at radius 2 is 2.05 bits per heavy atom. The van der Waals surface area contributed by atoms with Crippen molar-refractivity contribution in [2.45, 2.75) is 25.8 Å². The van der Waals surface area contributed by atoms with Gasteiger partial charge in [-0.2, -0.15) is 0 Å². The van der Waals surface area contributed by atoms with Crippen LogP contribution in [0.3, 0.4) is 0 Å². The minimum absolute atomic E-state index is 0.0524. The highest BCUT2D eigenvalue weighted by Crippen LogP contribution is 2.18. The number of carbonyl (C=O) groups is 2. The van der Waals surface area contributed by atoms with E-state index in [1.165, 1.54) is 12.1 Å². The van der Waals surface area contributed by atoms with E-state index in [1.807, 2.05) is 6.92 Å². The third-order valence-electron chi connectivity index (χ3n) is 3.70. The van der Waals surface area contributed by atoms with Gasteiger partial charge in [-0.25, -0.2) is 9.59 Å². The smallest absolute Gasteiger partial charge is 0.335 e. The topological polar surface area (TPSA) is 87.7 Å². The number of nitrogens with one attached hydrogen (secondary N) is 2. The first-order chi connectivity index (χ1) is 10.1. The largest absolute Gasteiger partial charge is 0.478 e. The number of hydrogen-bond acceptors (Lipinski definition) is 3. The maximum absolute atomic E-state index is 11.9. The predicted molar refractivity (Wildman–Crippen MR) is 78.6 cm³/mol. The molecule has 6 nitrogen and oxygen atoms in total. The van der Waals surface area contributed by atoms with E-state index >= 15 is 0 Å². The van der Waals surface area contributed by atoms with Crippen LogP contribution in [0.4, 0.5) is 10.5 Å². The Kier molecular flexibility index (Phi) is 5.16. The molecule has 0 spiro atoms. The van der Waals surface area contributed by atoms with Crippen molar-refractivity contribution in [2.24, 2.45) is 5.92 Å². The Hall–Kier alpha value is -2.08. The third kappa shape index (κ3) is 4.46. The van der Waals surface area contributed by atoms with E-state index in [1.54, 1.807) is 12.1 Å². The van der Waals surface area contributed by atoms with Crippen LogP contribution in [0.1, 0.15) is 30.1 Å². The molecule has 1 aromatic carbocycles. The van der Waals surface area contributed by atoms with Crippen LogP contribution in [0.5, 0.6) is 0 Å². The van der Waals surface area contributed by atoms with Crippen LogP contribution in [-0.2, 0) is 4.74 Å². The Bertz CT molecular complexity index is 512. The number of urea groups is 1. The van der Waals surface area contributed by atoms with Gasteiger partial charge in [-0.1, -0.05) is 6.07 Å². The molecule has 1 saturated heterocycles. The second-order valence-electron chi connectivity index (χ2n) is 5.22. The van der Waals surface area contributed by atoms with Gasteiger partial charge in [-0.15, -0.1) is 0 Å². The zero-order valence-electron chi connectivity index (χ0n) is 12.0. The number of rotatable bonds is 4. The maximum atomic E-state index is 11.9. The van der Waals surface area contributed by atoms with Gasteiger partial charge in [-0.05, 0) is 43.9 Å². The summed E-state index contributed by atoms with van der Waals surface area (Å²) in [5.41, 5.74) is 0.608. The minimum atomic E-state index is -1.02. The van der Waals surface area contributed by atoms with Crippen LogP contribution in [0.15, 0.2) is 24.3 Å². The number of amides is 2. The Labute approximate surface area is 123 Å². The second kappa shape index (κ2) is 7.08. The first-order valence-electron chi connectivity index (χ1n) is 7.05. The molecule has 2 rings (SSSR count). The van der Waals surface area contributed by atoms with Crippen LogP contribution in [0.2, 0.25) is 0 Å². The van der Waals surface area contributed by atoms with E-state index < -0.39 is 5.97 Å². The van der Waals surface area contributed by atoms with E-state index in [0.29, 0.717) is 11.6 Å². The fourth-order valence-electron chi connectivity index (χ4n) is 2.44. The monoisotopic (exact) mass is 292 g/mol. The molecule has 2 amide bonds. The summed E-state index contributed by atoms with van der Waals surface area (Å²) < 4.78 is 5.30. The maximum Gasteiger partial charge on any atom is 0.335 e. The summed E-state index contributed by atoms with van der Waals surface area (Å²) in [4.78, 5) is 22.8. The molecule has 1 unspecified atom stereocenters. The normalized spacial score (nSPS) is 17.0. The SMILES string of the molecule is CC(NC(=O)Nc1cccc(C(=O)O)c1)C1CCOCC1. The molecule has 0 bridgehead atoms. The van der Waals surface area contributed by atoms with Crippen molar-refractivity contribution in [3.8, 4) is 0 Å². The molecule has 0 aromatic heterocycles. The zero-order valence-corrected chi connectivity index (χ0v) is 12.0. The second-order valence-corrected chi connectivity index (χ2v) is 5.22. The summed E-state index contributed by atoms with van der Waals surface area (Å²) in [6.45, 7) is 3.45. The van der Waals surface area contributed by atoms with Gasteiger partial charge in [0.2, 0.25) is 0 Å². The standard InChI is InChI=1S/C15H20N2O4/c1-10(11-5-7-21-8-6-11)16-15(20)17-13-4-2-3-12(9-13)14(18)19/h2-4,9-11H,5-8H2,1H3,(H,18,19)(H2,16,17,20). The van der Waals surface area contributed by atoms with Crippen LogP contribution < -0.4 is 10.6 Å². The first kappa shape index (κ1) is 15.3. The van der Waals surface area contributed by atoms with Crippen molar-refractivity contribution < 1.29 is 19.4 Å². The number of hydrogen-bond donors (Lipinski definition) is 3. The van der Waals surface area contributed by atoms with Crippen molar-refractivity contribution in [1.29, 1.82) is 0 Å². The Balaban J connectivity index is 1.89. The van der Waals surface area contributed by atoms with E-state index in [9.17, 15) is 9.59 Å². The molecule has 1 aliphatic heterocycles. The van der Waals surface area contributed by atoms with E-state index in [4.69, 9.17) is 9.84 Å². The molecule has 1 fully saturated rings. The Morgan fingerprint density at radius 3 is 2.71 bits per heavy atom. The van der Waals surface area contributed by atoms with Crippen molar-refractivity contribution in [3.05, 3.63) is 29.8 Å². The Morgan fingerprint density at radius 1 is 1.33 bits per heavy atom. The van der Waals surface area contributed by atoms with Gasteiger partial charge in [-0.3, -0.25) is 0 Å². The summed E-state index contributed by atoms with van der Waals surface area (Å²) in [5, 5.41) is 14.5. The lowest BCUT2D eigenvalue weighted by Gasteiger charge is -2.28. The van der Waals surface area contributed by atoms with Gasteiger partial charge in [0.1, 0.15) is 0 Å². The quantitative estimate of drug-likeness (QED) is 0.794. The van der Waals surface area contributed by atoms with Crippen LogP contribution >= 0.6 is 0 Å². The van der Waals surface area contributed by atoms with Gasteiger partial charge in [0.15, 0.2) is 0 Å². The molecule has 0 saturated carbocycles. The van der Waals surface area contributed by atoms with Gasteiger partial charge in [0, 0.05) is 24.9 Å². The van der Waals surface area contributed by atoms with Crippen molar-refractivity contribution in [1.82, 2.24) is 5.32 Å².